The Labute approximate surface area is 117 Å². The molecule has 106 valence electrons. The summed E-state index contributed by atoms with van der Waals surface area (Å²) in [6, 6.07) is 7.60. The Balaban J connectivity index is 2.20. The second-order valence-corrected chi connectivity index (χ2v) is 4.55. The van der Waals surface area contributed by atoms with Crippen LogP contribution in [-0.2, 0) is 13.6 Å². The maximum atomic E-state index is 12.4. The molecule has 0 spiro atoms. The number of ether oxygens (including phenoxy) is 1. The maximum absolute atomic E-state index is 12.4. The number of carbonyl (C=O) groups excluding carboxylic acids is 1. The molecule has 1 heterocycles. The van der Waals surface area contributed by atoms with E-state index >= 15 is 0 Å². The summed E-state index contributed by atoms with van der Waals surface area (Å²) >= 11 is 0. The van der Waals surface area contributed by atoms with Gasteiger partial charge in [-0.25, -0.2) is 0 Å². The highest BCUT2D eigenvalue weighted by Gasteiger charge is 2.20. The van der Waals surface area contributed by atoms with Crippen molar-refractivity contribution in [2.45, 2.75) is 6.54 Å². The fourth-order valence-corrected chi connectivity index (χ4v) is 2.06. The number of amides is 1. The number of anilines is 1. The molecule has 0 aliphatic rings. The topological polar surface area (TPSA) is 73.4 Å². The first kappa shape index (κ1) is 13.9. The van der Waals surface area contributed by atoms with Crippen molar-refractivity contribution in [2.75, 3.05) is 19.9 Å². The molecule has 2 aromatic rings. The molecule has 1 amide bonds. The van der Waals surface area contributed by atoms with E-state index < -0.39 is 0 Å². The molecule has 2 N–H and O–H groups in total. The third kappa shape index (κ3) is 2.59. The van der Waals surface area contributed by atoms with Crippen LogP contribution in [0.4, 0.5) is 5.69 Å². The third-order valence-electron chi connectivity index (χ3n) is 3.12. The molecule has 1 aromatic heterocycles. The first-order valence-electron chi connectivity index (χ1n) is 6.19. The summed E-state index contributed by atoms with van der Waals surface area (Å²) in [4.78, 5) is 14.0. The minimum Gasteiger partial charge on any atom is -0.496 e. The van der Waals surface area contributed by atoms with Crippen LogP contribution in [0.1, 0.15) is 16.1 Å². The largest absolute Gasteiger partial charge is 0.496 e. The van der Waals surface area contributed by atoms with Gasteiger partial charge in [0.15, 0.2) is 0 Å². The predicted octanol–water partition coefficient (Wildman–Crippen LogP) is 1.28. The van der Waals surface area contributed by atoms with Crippen LogP contribution in [0, 0.1) is 0 Å². The van der Waals surface area contributed by atoms with Crippen LogP contribution >= 0.6 is 0 Å². The lowest BCUT2D eigenvalue weighted by Gasteiger charge is -2.19. The minimum atomic E-state index is -0.173. The summed E-state index contributed by atoms with van der Waals surface area (Å²) in [6.07, 6.45) is 1.48. The van der Waals surface area contributed by atoms with Gasteiger partial charge >= 0.3 is 0 Å². The number of hydrogen-bond donors (Lipinski definition) is 1. The molecule has 0 atom stereocenters. The standard InChI is InChI=1S/C14H18N4O2/c1-17(9-10-6-4-5-7-12(10)20-3)14(19)13-11(15)8-16-18(13)2/h4-8H,9,15H2,1-3H3. The number of rotatable bonds is 4. The molecule has 0 aliphatic carbocycles. The summed E-state index contributed by atoms with van der Waals surface area (Å²) in [5, 5.41) is 3.98. The normalized spacial score (nSPS) is 10.3. The van der Waals surface area contributed by atoms with Crippen molar-refractivity contribution >= 4 is 11.6 Å². The molecule has 0 radical (unpaired) electrons. The van der Waals surface area contributed by atoms with Crippen molar-refractivity contribution in [1.29, 1.82) is 0 Å². The van der Waals surface area contributed by atoms with Crippen molar-refractivity contribution < 1.29 is 9.53 Å². The Bertz CT molecular complexity index is 602. The average Bonchev–Trinajstić information content (AvgIpc) is 2.78. The molecule has 0 aliphatic heterocycles. The van der Waals surface area contributed by atoms with E-state index in [0.29, 0.717) is 17.9 Å². The molecule has 0 unspecified atom stereocenters. The molecule has 0 bridgehead atoms. The van der Waals surface area contributed by atoms with Gasteiger partial charge in [-0.15, -0.1) is 0 Å². The van der Waals surface area contributed by atoms with E-state index in [1.54, 1.807) is 26.1 Å². The molecular formula is C14H18N4O2. The number of hydrogen-bond acceptors (Lipinski definition) is 4. The molecule has 20 heavy (non-hydrogen) atoms. The zero-order valence-corrected chi connectivity index (χ0v) is 11.8. The number of methoxy groups -OCH3 is 1. The van der Waals surface area contributed by atoms with Crippen molar-refractivity contribution in [3.63, 3.8) is 0 Å². The summed E-state index contributed by atoms with van der Waals surface area (Å²) < 4.78 is 6.77. The molecule has 2 rings (SSSR count). The SMILES string of the molecule is COc1ccccc1CN(C)C(=O)c1c(N)cnn1C. The van der Waals surface area contributed by atoms with Gasteiger partial charge in [-0.05, 0) is 6.07 Å². The summed E-state index contributed by atoms with van der Waals surface area (Å²) in [6.45, 7) is 0.438. The number of nitrogens with zero attached hydrogens (tertiary/aromatic N) is 3. The summed E-state index contributed by atoms with van der Waals surface area (Å²) in [5.41, 5.74) is 7.48. The summed E-state index contributed by atoms with van der Waals surface area (Å²) in [5.74, 6) is 0.582. The minimum absolute atomic E-state index is 0.173. The van der Waals surface area contributed by atoms with Gasteiger partial charge in [0.05, 0.1) is 19.0 Å². The van der Waals surface area contributed by atoms with Crippen LogP contribution in [0.3, 0.4) is 0 Å². The van der Waals surface area contributed by atoms with E-state index in [1.165, 1.54) is 10.9 Å². The Morgan fingerprint density at radius 3 is 2.75 bits per heavy atom. The monoisotopic (exact) mass is 274 g/mol. The fraction of sp³-hybridized carbons (Fsp3) is 0.286. The van der Waals surface area contributed by atoms with E-state index in [9.17, 15) is 4.79 Å². The number of carbonyl (C=O) groups is 1. The van der Waals surface area contributed by atoms with Gasteiger partial charge in [0.2, 0.25) is 0 Å². The van der Waals surface area contributed by atoms with E-state index in [2.05, 4.69) is 5.10 Å². The van der Waals surface area contributed by atoms with E-state index in [0.717, 1.165) is 11.3 Å². The highest BCUT2D eigenvalue weighted by molar-refractivity contribution is 5.97. The Morgan fingerprint density at radius 1 is 1.45 bits per heavy atom. The number of nitrogens with two attached hydrogens (primary N) is 1. The lowest BCUT2D eigenvalue weighted by molar-refractivity contribution is 0.0774. The third-order valence-corrected chi connectivity index (χ3v) is 3.12. The molecular weight excluding hydrogens is 256 g/mol. The van der Waals surface area contributed by atoms with Crippen LogP contribution in [0.2, 0.25) is 0 Å². The van der Waals surface area contributed by atoms with Crippen LogP contribution in [0.15, 0.2) is 30.5 Å². The van der Waals surface area contributed by atoms with E-state index in [-0.39, 0.29) is 5.91 Å². The van der Waals surface area contributed by atoms with Gasteiger partial charge in [0, 0.05) is 26.2 Å². The second-order valence-electron chi connectivity index (χ2n) is 4.55. The van der Waals surface area contributed by atoms with Crippen molar-refractivity contribution in [3.05, 3.63) is 41.7 Å². The Morgan fingerprint density at radius 2 is 2.15 bits per heavy atom. The van der Waals surface area contributed by atoms with Crippen LogP contribution < -0.4 is 10.5 Å². The first-order valence-corrected chi connectivity index (χ1v) is 6.19. The fourth-order valence-electron chi connectivity index (χ4n) is 2.06. The molecule has 6 nitrogen and oxygen atoms in total. The van der Waals surface area contributed by atoms with Gasteiger partial charge in [0.25, 0.3) is 5.91 Å². The Hall–Kier alpha value is -2.50. The second kappa shape index (κ2) is 5.64. The average molecular weight is 274 g/mol. The molecule has 0 saturated heterocycles. The zero-order valence-electron chi connectivity index (χ0n) is 11.8. The van der Waals surface area contributed by atoms with Crippen LogP contribution in [0.5, 0.6) is 5.75 Å². The first-order chi connectivity index (χ1) is 9.54. The smallest absolute Gasteiger partial charge is 0.274 e. The van der Waals surface area contributed by atoms with Crippen molar-refractivity contribution in [2.24, 2.45) is 7.05 Å². The van der Waals surface area contributed by atoms with Gasteiger partial charge in [0.1, 0.15) is 11.4 Å². The lowest BCUT2D eigenvalue weighted by Crippen LogP contribution is -2.29. The van der Waals surface area contributed by atoms with Crippen molar-refractivity contribution in [3.8, 4) is 5.75 Å². The van der Waals surface area contributed by atoms with Crippen LogP contribution in [0.25, 0.3) is 0 Å². The van der Waals surface area contributed by atoms with Gasteiger partial charge in [-0.2, -0.15) is 5.10 Å². The summed E-state index contributed by atoms with van der Waals surface area (Å²) in [7, 11) is 5.03. The van der Waals surface area contributed by atoms with Crippen molar-refractivity contribution in [1.82, 2.24) is 14.7 Å². The quantitative estimate of drug-likeness (QED) is 0.911. The van der Waals surface area contributed by atoms with Gasteiger partial charge < -0.3 is 15.4 Å². The number of aromatic nitrogens is 2. The van der Waals surface area contributed by atoms with Gasteiger partial charge in [-0.3, -0.25) is 9.48 Å². The number of nitrogen functional groups attached to an aromatic ring is 1. The number of benzene rings is 1. The highest BCUT2D eigenvalue weighted by Crippen LogP contribution is 2.20. The van der Waals surface area contributed by atoms with Gasteiger partial charge in [-0.1, -0.05) is 18.2 Å². The molecule has 1 aromatic carbocycles. The van der Waals surface area contributed by atoms with Crippen LogP contribution in [-0.4, -0.2) is 34.7 Å². The molecule has 6 heteroatoms. The molecule has 0 fully saturated rings. The Kier molecular flexibility index (Phi) is 3.93. The molecule has 0 saturated carbocycles. The number of aryl methyl sites for hydroxylation is 1. The maximum Gasteiger partial charge on any atom is 0.274 e. The lowest BCUT2D eigenvalue weighted by atomic mass is 10.2. The predicted molar refractivity (Wildman–Crippen MR) is 76.4 cm³/mol. The highest BCUT2D eigenvalue weighted by atomic mass is 16.5. The van der Waals surface area contributed by atoms with E-state index in [1.807, 2.05) is 24.3 Å². The zero-order chi connectivity index (χ0) is 14.7. The van der Waals surface area contributed by atoms with E-state index in [4.69, 9.17) is 10.5 Å². The number of para-hydroxylation sites is 1.